The summed E-state index contributed by atoms with van der Waals surface area (Å²) in [6.45, 7) is 4.55. The van der Waals surface area contributed by atoms with Crippen molar-refractivity contribution in [2.75, 3.05) is 13.1 Å². The van der Waals surface area contributed by atoms with Gasteiger partial charge in [-0.05, 0) is 24.3 Å². The fraction of sp³-hybridized carbons (Fsp3) is 0.250. The van der Waals surface area contributed by atoms with Gasteiger partial charge in [-0.2, -0.15) is 5.48 Å². The largest absolute Gasteiger partial charge is 0.412 e. The normalized spacial score (nSPS) is 13.9. The topological polar surface area (TPSA) is 123 Å². The quantitative estimate of drug-likeness (QED) is 0.490. The number of carbonyl (C=O) groups excluding carboxylic acids is 2. The molecule has 25 heavy (non-hydrogen) atoms. The third-order valence-corrected chi connectivity index (χ3v) is 4.30. The second-order valence-electron chi connectivity index (χ2n) is 5.71. The number of nitrogens with one attached hydrogen (secondary N) is 1. The van der Waals surface area contributed by atoms with Gasteiger partial charge in [-0.15, -0.1) is 0 Å². The van der Waals surface area contributed by atoms with E-state index in [1.54, 1.807) is 27.8 Å². The zero-order valence-electron chi connectivity index (χ0n) is 13.4. The standard InChI is InChI=1S/C16H17ClN4O3.H2O/c1-2-16(23)21-6-11(7-21)18-15(22)9-20-8-13(19-24)12-5-10(17)3-4-14(12)20;/h2-5,8,11,19,24H,1,6-7,9H2,(H,18,22);1H2/p+1. The third-order valence-electron chi connectivity index (χ3n) is 4.06. The zero-order chi connectivity index (χ0) is 17.3. The Morgan fingerprint density at radius 3 is 2.80 bits per heavy atom. The van der Waals surface area contributed by atoms with E-state index >= 15 is 0 Å². The average Bonchev–Trinajstić information content (AvgIpc) is 2.86. The minimum Gasteiger partial charge on any atom is -0.412 e. The molecule has 134 valence electrons. The average molecular weight is 368 g/mol. The van der Waals surface area contributed by atoms with Crippen molar-refractivity contribution < 1.29 is 25.8 Å². The van der Waals surface area contributed by atoms with Crippen molar-refractivity contribution in [3.8, 4) is 0 Å². The first-order chi connectivity index (χ1) is 11.5. The molecule has 9 heteroatoms. The zero-order valence-corrected chi connectivity index (χ0v) is 14.2. The summed E-state index contributed by atoms with van der Waals surface area (Å²) in [5.74, 6) is -0.279. The van der Waals surface area contributed by atoms with Gasteiger partial charge in [0.05, 0.1) is 23.1 Å². The summed E-state index contributed by atoms with van der Waals surface area (Å²) in [4.78, 5) is 25.2. The Bertz CT molecular complexity index is 814. The number of hydrogen-bond donors (Lipinski definition) is 3. The lowest BCUT2D eigenvalue weighted by molar-refractivity contribution is -0.824. The van der Waals surface area contributed by atoms with Gasteiger partial charge in [-0.25, -0.2) is 5.21 Å². The monoisotopic (exact) mass is 367 g/mol. The first-order valence-electron chi connectivity index (χ1n) is 7.48. The smallest absolute Gasteiger partial charge is 0.246 e. The van der Waals surface area contributed by atoms with Crippen molar-refractivity contribution in [2.24, 2.45) is 0 Å². The number of likely N-dealkylation sites (tertiary alicyclic amines) is 1. The summed E-state index contributed by atoms with van der Waals surface area (Å²) < 4.78 is 1.76. The highest BCUT2D eigenvalue weighted by Crippen LogP contribution is 2.25. The number of amides is 2. The molecule has 2 amide bonds. The molecule has 0 saturated carbocycles. The number of quaternary nitrogens is 1. The molecule has 1 aliphatic rings. The second kappa shape index (κ2) is 7.66. The lowest BCUT2D eigenvalue weighted by Gasteiger charge is -2.38. The van der Waals surface area contributed by atoms with Crippen LogP contribution in [0, 0.1) is 0 Å². The summed E-state index contributed by atoms with van der Waals surface area (Å²) in [5.41, 5.74) is 2.41. The lowest BCUT2D eigenvalue weighted by atomic mass is 10.1. The maximum absolute atomic E-state index is 12.2. The fourth-order valence-electron chi connectivity index (χ4n) is 2.84. The van der Waals surface area contributed by atoms with E-state index in [-0.39, 0.29) is 29.9 Å². The number of nitrogens with zero attached hydrogens (tertiary/aromatic N) is 2. The van der Waals surface area contributed by atoms with Gasteiger partial charge >= 0.3 is 0 Å². The number of halogens is 1. The van der Waals surface area contributed by atoms with Crippen LogP contribution in [0.25, 0.3) is 10.9 Å². The van der Waals surface area contributed by atoms with Gasteiger partial charge in [0.15, 0.2) is 5.69 Å². The molecule has 0 atom stereocenters. The number of benzene rings is 1. The van der Waals surface area contributed by atoms with Gasteiger partial charge < -0.3 is 20.3 Å². The number of rotatable bonds is 5. The molecule has 1 aromatic heterocycles. The molecule has 3 rings (SSSR count). The number of fused-ring (bicyclic) bond motifs is 1. The van der Waals surface area contributed by atoms with Crippen LogP contribution >= 0.6 is 11.6 Å². The summed E-state index contributed by atoms with van der Waals surface area (Å²) in [6, 6.07) is 5.26. The third kappa shape index (κ3) is 3.83. The highest BCUT2D eigenvalue weighted by atomic mass is 35.5. The molecule has 1 aromatic carbocycles. The molecule has 2 aromatic rings. The maximum atomic E-state index is 12.2. The Morgan fingerprint density at radius 1 is 1.44 bits per heavy atom. The SMILES string of the molecule is C=CC(=O)N1CC(NC(=O)Cn2cc([NH2+]O)c3cc(Cl)ccc32)C1.O. The van der Waals surface area contributed by atoms with E-state index < -0.39 is 0 Å². The van der Waals surface area contributed by atoms with Gasteiger partial charge in [0.25, 0.3) is 0 Å². The van der Waals surface area contributed by atoms with Crippen molar-refractivity contribution in [3.63, 3.8) is 0 Å². The highest BCUT2D eigenvalue weighted by Gasteiger charge is 2.30. The molecular weight excluding hydrogens is 348 g/mol. The number of aromatic nitrogens is 1. The van der Waals surface area contributed by atoms with Crippen molar-refractivity contribution in [1.82, 2.24) is 14.8 Å². The second-order valence-corrected chi connectivity index (χ2v) is 6.15. The van der Waals surface area contributed by atoms with Gasteiger partial charge in [0.1, 0.15) is 6.54 Å². The van der Waals surface area contributed by atoms with E-state index in [0.29, 0.717) is 23.8 Å². The Balaban J connectivity index is 0.00000225. The molecule has 0 spiro atoms. The van der Waals surface area contributed by atoms with E-state index in [4.69, 9.17) is 11.6 Å². The number of nitrogens with two attached hydrogens (primary N) is 1. The Morgan fingerprint density at radius 2 is 2.16 bits per heavy atom. The van der Waals surface area contributed by atoms with Gasteiger partial charge in [-0.3, -0.25) is 9.59 Å². The summed E-state index contributed by atoms with van der Waals surface area (Å²) in [5, 5.41) is 13.6. The van der Waals surface area contributed by atoms with Crippen LogP contribution in [-0.2, 0) is 16.1 Å². The van der Waals surface area contributed by atoms with Crippen molar-refractivity contribution in [1.29, 1.82) is 0 Å². The van der Waals surface area contributed by atoms with Gasteiger partial charge in [-0.1, -0.05) is 18.2 Å². The first kappa shape index (κ1) is 18.9. The maximum Gasteiger partial charge on any atom is 0.246 e. The Labute approximate surface area is 148 Å². The molecule has 1 saturated heterocycles. The van der Waals surface area contributed by atoms with Crippen molar-refractivity contribution in [3.05, 3.63) is 42.1 Å². The molecule has 2 heterocycles. The van der Waals surface area contributed by atoms with Crippen molar-refractivity contribution >= 4 is 40.0 Å². The lowest BCUT2D eigenvalue weighted by Crippen LogP contribution is -2.73. The van der Waals surface area contributed by atoms with Gasteiger partial charge in [0.2, 0.25) is 11.8 Å². The summed E-state index contributed by atoms with van der Waals surface area (Å²) in [6.07, 6.45) is 2.97. The molecule has 1 aliphatic heterocycles. The number of carbonyl (C=O) groups is 2. The van der Waals surface area contributed by atoms with E-state index in [1.165, 1.54) is 6.08 Å². The number of hydrogen-bond acceptors (Lipinski definition) is 3. The van der Waals surface area contributed by atoms with Crippen LogP contribution in [-0.4, -0.2) is 51.1 Å². The highest BCUT2D eigenvalue weighted by molar-refractivity contribution is 6.31. The molecule has 0 radical (unpaired) electrons. The van der Waals surface area contributed by atoms with Crippen LogP contribution in [0.15, 0.2) is 37.1 Å². The van der Waals surface area contributed by atoms with Gasteiger partial charge in [0, 0.05) is 18.1 Å². The van der Waals surface area contributed by atoms with E-state index in [1.807, 2.05) is 6.07 Å². The predicted molar refractivity (Wildman–Crippen MR) is 92.6 cm³/mol. The molecule has 0 unspecified atom stereocenters. The van der Waals surface area contributed by atoms with Crippen LogP contribution in [0.3, 0.4) is 0 Å². The fourth-order valence-corrected chi connectivity index (χ4v) is 3.01. The first-order valence-corrected chi connectivity index (χ1v) is 7.86. The van der Waals surface area contributed by atoms with Crippen molar-refractivity contribution in [2.45, 2.75) is 12.6 Å². The Hall–Kier alpha value is -2.39. The molecule has 6 N–H and O–H groups in total. The van der Waals surface area contributed by atoms with Crippen LogP contribution in [0.2, 0.25) is 5.02 Å². The van der Waals surface area contributed by atoms with Crippen LogP contribution in [0.5, 0.6) is 0 Å². The van der Waals surface area contributed by atoms with E-state index in [9.17, 15) is 14.8 Å². The minimum atomic E-state index is -0.151. The molecule has 1 fully saturated rings. The Kier molecular flexibility index (Phi) is 5.81. The van der Waals surface area contributed by atoms with Crippen LogP contribution < -0.4 is 10.8 Å². The van der Waals surface area contributed by atoms with Crippen LogP contribution in [0.1, 0.15) is 0 Å². The summed E-state index contributed by atoms with van der Waals surface area (Å²) >= 11 is 5.99. The van der Waals surface area contributed by atoms with E-state index in [2.05, 4.69) is 11.9 Å². The van der Waals surface area contributed by atoms with Crippen LogP contribution in [0.4, 0.5) is 5.69 Å². The molecule has 0 bridgehead atoms. The predicted octanol–water partition coefficient (Wildman–Crippen LogP) is -0.433. The summed E-state index contributed by atoms with van der Waals surface area (Å²) in [7, 11) is 0. The van der Waals surface area contributed by atoms with E-state index in [0.717, 1.165) is 16.4 Å². The minimum absolute atomic E-state index is 0. The molecule has 8 nitrogen and oxygen atoms in total. The molecular formula is C16H20ClN4O4+. The molecule has 0 aliphatic carbocycles.